The van der Waals surface area contributed by atoms with Crippen LogP contribution in [0.25, 0.3) is 0 Å². The maximum atomic E-state index is 12.8. The molecule has 1 aromatic rings. The quantitative estimate of drug-likeness (QED) is 0.807. The van der Waals surface area contributed by atoms with Gasteiger partial charge in [-0.25, -0.2) is 9.18 Å². The smallest absolute Gasteiger partial charge is 0.328 e. The number of amides is 1. The van der Waals surface area contributed by atoms with Crippen molar-refractivity contribution in [3.63, 3.8) is 0 Å². The van der Waals surface area contributed by atoms with Crippen LogP contribution >= 0.6 is 0 Å². The number of nitriles is 1. The van der Waals surface area contributed by atoms with Gasteiger partial charge in [0.1, 0.15) is 11.9 Å². The Bertz CT molecular complexity index is 537. The van der Waals surface area contributed by atoms with Gasteiger partial charge in [-0.2, -0.15) is 5.26 Å². The molecule has 5 nitrogen and oxygen atoms in total. The lowest BCUT2D eigenvalue weighted by Gasteiger charge is -2.21. The second kappa shape index (κ2) is 8.00. The van der Waals surface area contributed by atoms with E-state index in [1.807, 2.05) is 6.07 Å². The normalized spacial score (nSPS) is 12.9. The van der Waals surface area contributed by atoms with Crippen LogP contribution < -0.4 is 5.32 Å². The lowest BCUT2D eigenvalue weighted by molar-refractivity contribution is -0.146. The summed E-state index contributed by atoms with van der Waals surface area (Å²) in [6.07, 6.45) is 0.143. The van der Waals surface area contributed by atoms with Crippen LogP contribution in [0.5, 0.6) is 0 Å². The van der Waals surface area contributed by atoms with E-state index in [1.54, 1.807) is 6.92 Å². The van der Waals surface area contributed by atoms with Crippen LogP contribution in [0.4, 0.5) is 4.39 Å². The maximum absolute atomic E-state index is 12.8. The minimum atomic E-state index is -0.873. The van der Waals surface area contributed by atoms with Crippen LogP contribution in [0.3, 0.4) is 0 Å². The summed E-state index contributed by atoms with van der Waals surface area (Å²) in [5.74, 6) is -1.72. The number of carbonyl (C=O) groups is 2. The highest BCUT2D eigenvalue weighted by Crippen LogP contribution is 2.10. The molecule has 112 valence electrons. The minimum Gasteiger partial charge on any atom is -0.467 e. The van der Waals surface area contributed by atoms with Gasteiger partial charge in [0.15, 0.2) is 0 Å². The van der Waals surface area contributed by atoms with Gasteiger partial charge in [-0.05, 0) is 17.7 Å². The number of esters is 1. The average Bonchev–Trinajstić information content (AvgIpc) is 2.46. The van der Waals surface area contributed by atoms with Gasteiger partial charge in [0, 0.05) is 12.3 Å². The van der Waals surface area contributed by atoms with Crippen molar-refractivity contribution in [1.82, 2.24) is 5.32 Å². The Kier molecular flexibility index (Phi) is 6.34. The number of nitrogens with zero attached hydrogens (tertiary/aromatic N) is 1. The van der Waals surface area contributed by atoms with Crippen LogP contribution in [0, 0.1) is 23.1 Å². The van der Waals surface area contributed by atoms with Crippen molar-refractivity contribution < 1.29 is 18.7 Å². The summed E-state index contributed by atoms with van der Waals surface area (Å²) in [6.45, 7) is 1.68. The molecular weight excluding hydrogens is 275 g/mol. The van der Waals surface area contributed by atoms with Gasteiger partial charge >= 0.3 is 5.97 Å². The highest BCUT2D eigenvalue weighted by Gasteiger charge is 2.27. The summed E-state index contributed by atoms with van der Waals surface area (Å²) in [7, 11) is 1.22. The molecule has 21 heavy (non-hydrogen) atoms. The molecule has 1 amide bonds. The second-order valence-corrected chi connectivity index (χ2v) is 4.71. The molecule has 0 radical (unpaired) electrons. The molecule has 0 aliphatic heterocycles. The summed E-state index contributed by atoms with van der Waals surface area (Å²) >= 11 is 0. The number of methoxy groups -OCH3 is 1. The molecule has 0 spiro atoms. The van der Waals surface area contributed by atoms with Crippen molar-refractivity contribution in [2.75, 3.05) is 7.11 Å². The molecule has 0 saturated carbocycles. The zero-order valence-corrected chi connectivity index (χ0v) is 11.9. The molecule has 1 rings (SSSR count). The first kappa shape index (κ1) is 16.6. The third-order valence-corrected chi connectivity index (χ3v) is 3.03. The standard InChI is InChI=1S/C15H17FN2O3/c1-10(7-8-17)14(15(20)21-2)18-13(19)9-11-3-5-12(16)6-4-11/h3-6,10,14H,7,9H2,1-2H3,(H,18,19)/t10-,14+/m0/s1. The Morgan fingerprint density at radius 2 is 2.00 bits per heavy atom. The molecule has 0 aliphatic carbocycles. The first-order valence-corrected chi connectivity index (χ1v) is 6.46. The average molecular weight is 292 g/mol. The SMILES string of the molecule is COC(=O)[C@H](NC(=O)Cc1ccc(F)cc1)[C@@H](C)CC#N. The fourth-order valence-electron chi connectivity index (χ4n) is 1.83. The third-order valence-electron chi connectivity index (χ3n) is 3.03. The summed E-state index contributed by atoms with van der Waals surface area (Å²) in [6, 6.07) is 6.61. The van der Waals surface area contributed by atoms with Crippen LogP contribution in [0.1, 0.15) is 18.9 Å². The van der Waals surface area contributed by atoms with Gasteiger partial charge in [0.2, 0.25) is 5.91 Å². The highest BCUT2D eigenvalue weighted by molar-refractivity contribution is 5.85. The van der Waals surface area contributed by atoms with Gasteiger partial charge in [0.25, 0.3) is 0 Å². The van der Waals surface area contributed by atoms with Gasteiger partial charge < -0.3 is 10.1 Å². The molecular formula is C15H17FN2O3. The van der Waals surface area contributed by atoms with E-state index in [9.17, 15) is 14.0 Å². The molecule has 0 bridgehead atoms. The molecule has 6 heteroatoms. The minimum absolute atomic E-state index is 0.0209. The van der Waals surface area contributed by atoms with Crippen molar-refractivity contribution in [2.24, 2.45) is 5.92 Å². The van der Waals surface area contributed by atoms with Crippen LogP contribution in [-0.4, -0.2) is 25.0 Å². The van der Waals surface area contributed by atoms with Gasteiger partial charge in [-0.1, -0.05) is 19.1 Å². The predicted octanol–water partition coefficient (Wildman–Crippen LogP) is 1.58. The van der Waals surface area contributed by atoms with E-state index >= 15 is 0 Å². The number of hydrogen-bond acceptors (Lipinski definition) is 4. The number of hydrogen-bond donors (Lipinski definition) is 1. The maximum Gasteiger partial charge on any atom is 0.328 e. The summed E-state index contributed by atoms with van der Waals surface area (Å²) in [4.78, 5) is 23.6. The van der Waals surface area contributed by atoms with Crippen molar-refractivity contribution in [1.29, 1.82) is 5.26 Å². The number of ether oxygens (including phenoxy) is 1. The Morgan fingerprint density at radius 1 is 1.38 bits per heavy atom. The Balaban J connectivity index is 2.69. The molecule has 0 aromatic heterocycles. The molecule has 0 heterocycles. The molecule has 0 saturated heterocycles. The number of nitrogens with one attached hydrogen (secondary N) is 1. The summed E-state index contributed by atoms with van der Waals surface area (Å²) < 4.78 is 17.4. The van der Waals surface area contributed by atoms with E-state index in [0.717, 1.165) is 0 Å². The number of halogens is 1. The second-order valence-electron chi connectivity index (χ2n) is 4.71. The number of benzene rings is 1. The van der Waals surface area contributed by atoms with Crippen molar-refractivity contribution in [2.45, 2.75) is 25.8 Å². The summed E-state index contributed by atoms with van der Waals surface area (Å²) in [5.41, 5.74) is 0.630. The van der Waals surface area contributed by atoms with Gasteiger partial charge in [-0.15, -0.1) is 0 Å². The largest absolute Gasteiger partial charge is 0.467 e. The van der Waals surface area contributed by atoms with E-state index in [4.69, 9.17) is 5.26 Å². The molecule has 0 unspecified atom stereocenters. The highest BCUT2D eigenvalue weighted by atomic mass is 19.1. The summed E-state index contributed by atoms with van der Waals surface area (Å²) in [5, 5.41) is 11.2. The van der Waals surface area contributed by atoms with Gasteiger partial charge in [-0.3, -0.25) is 4.79 Å². The fourth-order valence-corrected chi connectivity index (χ4v) is 1.83. The van der Waals surface area contributed by atoms with Crippen LogP contribution in [0.2, 0.25) is 0 Å². The van der Waals surface area contributed by atoms with Crippen molar-refractivity contribution >= 4 is 11.9 Å². The molecule has 0 aliphatic rings. The molecule has 1 N–H and O–H groups in total. The van der Waals surface area contributed by atoms with E-state index in [0.29, 0.717) is 5.56 Å². The van der Waals surface area contributed by atoms with E-state index in [1.165, 1.54) is 31.4 Å². The van der Waals surface area contributed by atoms with E-state index in [-0.39, 0.29) is 30.5 Å². The van der Waals surface area contributed by atoms with Crippen LogP contribution in [0.15, 0.2) is 24.3 Å². The third kappa shape index (κ3) is 5.22. The first-order valence-electron chi connectivity index (χ1n) is 6.46. The number of rotatable bonds is 6. The lowest BCUT2D eigenvalue weighted by Crippen LogP contribution is -2.46. The zero-order valence-electron chi connectivity index (χ0n) is 11.9. The monoisotopic (exact) mass is 292 g/mol. The number of carbonyl (C=O) groups excluding carboxylic acids is 2. The Hall–Kier alpha value is -2.42. The van der Waals surface area contributed by atoms with E-state index < -0.39 is 12.0 Å². The lowest BCUT2D eigenvalue weighted by atomic mass is 9.98. The zero-order chi connectivity index (χ0) is 15.8. The Morgan fingerprint density at radius 3 is 2.52 bits per heavy atom. The molecule has 0 fully saturated rings. The fraction of sp³-hybridized carbons (Fsp3) is 0.400. The Labute approximate surface area is 122 Å². The van der Waals surface area contributed by atoms with Crippen LogP contribution in [-0.2, 0) is 20.7 Å². The van der Waals surface area contributed by atoms with E-state index in [2.05, 4.69) is 10.1 Å². The molecule has 2 atom stereocenters. The predicted molar refractivity (Wildman–Crippen MR) is 73.4 cm³/mol. The van der Waals surface area contributed by atoms with Crippen molar-refractivity contribution in [3.05, 3.63) is 35.6 Å². The van der Waals surface area contributed by atoms with Crippen molar-refractivity contribution in [3.8, 4) is 6.07 Å². The first-order chi connectivity index (χ1) is 9.97. The van der Waals surface area contributed by atoms with Gasteiger partial charge in [0.05, 0.1) is 19.6 Å². The topological polar surface area (TPSA) is 79.2 Å². The molecule has 1 aromatic carbocycles.